The third-order valence-corrected chi connectivity index (χ3v) is 6.42. The molecular formula is C23H26ClN5O3S. The zero-order valence-corrected chi connectivity index (χ0v) is 20.1. The summed E-state index contributed by atoms with van der Waals surface area (Å²) in [6, 6.07) is 14.2. The number of aromatic nitrogens is 2. The van der Waals surface area contributed by atoms with Crippen LogP contribution in [0.5, 0.6) is 0 Å². The van der Waals surface area contributed by atoms with Gasteiger partial charge in [-0.3, -0.25) is 19.5 Å². The molecule has 8 nitrogen and oxygen atoms in total. The summed E-state index contributed by atoms with van der Waals surface area (Å²) >= 11 is 6.47. The maximum Gasteiger partial charge on any atom is 0.286 e. The average molecular weight is 488 g/mol. The van der Waals surface area contributed by atoms with Crippen LogP contribution in [-0.4, -0.2) is 48.2 Å². The van der Waals surface area contributed by atoms with Crippen LogP contribution in [0.25, 0.3) is 17.1 Å². The van der Waals surface area contributed by atoms with Gasteiger partial charge in [-0.15, -0.1) is 0 Å². The molecule has 1 aromatic heterocycles. The number of carbonyl (C=O) groups is 1. The normalized spacial score (nSPS) is 14.8. The number of nitrogens with one attached hydrogen (secondary N) is 2. The molecule has 3 aromatic rings. The van der Waals surface area contributed by atoms with Crippen LogP contribution >= 0.6 is 11.6 Å². The molecular weight excluding hydrogens is 462 g/mol. The second-order valence-corrected chi connectivity index (χ2v) is 10.3. The average Bonchev–Trinajstić information content (AvgIpc) is 3.11. The van der Waals surface area contributed by atoms with E-state index >= 15 is 0 Å². The van der Waals surface area contributed by atoms with Crippen molar-refractivity contribution >= 4 is 33.2 Å². The largest absolute Gasteiger partial charge is 0.296 e. The van der Waals surface area contributed by atoms with E-state index in [0.717, 1.165) is 37.9 Å². The van der Waals surface area contributed by atoms with Gasteiger partial charge >= 0.3 is 0 Å². The van der Waals surface area contributed by atoms with Crippen LogP contribution < -0.4 is 10.1 Å². The minimum atomic E-state index is -3.39. The van der Waals surface area contributed by atoms with E-state index in [4.69, 9.17) is 16.6 Å². The first-order chi connectivity index (χ1) is 15.7. The first kappa shape index (κ1) is 23.3. The molecule has 0 radical (unpaired) electrons. The topological polar surface area (TPSA) is 96.3 Å². The number of hydrogen-bond donors (Lipinski definition) is 2. The van der Waals surface area contributed by atoms with Gasteiger partial charge in [0.15, 0.2) is 5.69 Å². The molecule has 1 amide bonds. The SMILES string of the molecule is Cc1c(C(=O)NN2CCCCC2)nc(-c2ccccc2Cl)n1-c1ccc(NS(C)(=O)=O)cc1. The van der Waals surface area contributed by atoms with Gasteiger partial charge in [-0.25, -0.2) is 18.4 Å². The van der Waals surface area contributed by atoms with Crippen molar-refractivity contribution in [3.05, 3.63) is 64.9 Å². The Balaban J connectivity index is 1.76. The molecule has 1 aliphatic rings. The zero-order chi connectivity index (χ0) is 23.6. The third kappa shape index (κ3) is 5.38. The fraction of sp³-hybridized carbons (Fsp3) is 0.304. The lowest BCUT2D eigenvalue weighted by atomic mass is 10.2. The number of hydrazine groups is 1. The number of amides is 1. The van der Waals surface area contributed by atoms with Gasteiger partial charge in [-0.2, -0.15) is 0 Å². The van der Waals surface area contributed by atoms with E-state index in [1.807, 2.05) is 34.7 Å². The molecule has 2 heterocycles. The number of halogens is 1. The number of imidazole rings is 1. The number of sulfonamides is 1. The van der Waals surface area contributed by atoms with Gasteiger partial charge in [0.2, 0.25) is 10.0 Å². The van der Waals surface area contributed by atoms with Gasteiger partial charge < -0.3 is 0 Å². The van der Waals surface area contributed by atoms with Crippen molar-refractivity contribution in [2.45, 2.75) is 26.2 Å². The summed E-state index contributed by atoms with van der Waals surface area (Å²) in [5.41, 5.74) is 5.81. The van der Waals surface area contributed by atoms with Gasteiger partial charge in [-0.05, 0) is 56.2 Å². The Bertz CT molecular complexity index is 1270. The minimum Gasteiger partial charge on any atom is -0.296 e. The van der Waals surface area contributed by atoms with Gasteiger partial charge in [-0.1, -0.05) is 30.2 Å². The first-order valence-corrected chi connectivity index (χ1v) is 13.0. The molecule has 1 saturated heterocycles. The number of benzene rings is 2. The Kier molecular flexibility index (Phi) is 6.73. The molecule has 0 aliphatic carbocycles. The molecule has 0 spiro atoms. The third-order valence-electron chi connectivity index (χ3n) is 5.48. The minimum absolute atomic E-state index is 0.267. The van der Waals surface area contributed by atoms with Crippen LogP contribution in [0.2, 0.25) is 5.02 Å². The van der Waals surface area contributed by atoms with E-state index in [0.29, 0.717) is 33.5 Å². The summed E-state index contributed by atoms with van der Waals surface area (Å²) in [6.07, 6.45) is 4.36. The Morgan fingerprint density at radius 1 is 1.03 bits per heavy atom. The zero-order valence-electron chi connectivity index (χ0n) is 18.5. The molecule has 174 valence electrons. The lowest BCUT2D eigenvalue weighted by Crippen LogP contribution is -2.45. The summed E-state index contributed by atoms with van der Waals surface area (Å²) in [5, 5.41) is 2.45. The number of carbonyl (C=O) groups excluding carboxylic acids is 1. The highest BCUT2D eigenvalue weighted by Gasteiger charge is 2.24. The molecule has 33 heavy (non-hydrogen) atoms. The monoisotopic (exact) mass is 487 g/mol. The summed E-state index contributed by atoms with van der Waals surface area (Å²) in [4.78, 5) is 17.8. The van der Waals surface area contributed by atoms with Crippen molar-refractivity contribution in [1.29, 1.82) is 0 Å². The van der Waals surface area contributed by atoms with E-state index in [1.54, 1.807) is 30.3 Å². The number of anilines is 1. The number of rotatable bonds is 6. The van der Waals surface area contributed by atoms with Gasteiger partial charge in [0.1, 0.15) is 5.82 Å². The van der Waals surface area contributed by atoms with E-state index in [2.05, 4.69) is 10.1 Å². The summed E-state index contributed by atoms with van der Waals surface area (Å²) in [7, 11) is -3.39. The van der Waals surface area contributed by atoms with E-state index < -0.39 is 10.0 Å². The van der Waals surface area contributed by atoms with Gasteiger partial charge in [0, 0.05) is 30.0 Å². The standard InChI is InChI=1S/C23H26ClN5O3S/c1-16-21(23(30)26-28-14-6-3-7-15-28)25-22(19-8-4-5-9-20(19)24)29(16)18-12-10-17(11-13-18)27-33(2,31)32/h4-5,8-13,27H,3,6-7,14-15H2,1-2H3,(H,26,30). The number of piperidine rings is 1. The molecule has 4 rings (SSSR count). The molecule has 0 unspecified atom stereocenters. The van der Waals surface area contributed by atoms with Crippen molar-refractivity contribution in [1.82, 2.24) is 20.0 Å². The Morgan fingerprint density at radius 3 is 2.33 bits per heavy atom. The maximum atomic E-state index is 13.1. The predicted octanol–water partition coefficient (Wildman–Crippen LogP) is 4.00. The van der Waals surface area contributed by atoms with Crippen LogP contribution in [0.15, 0.2) is 48.5 Å². The van der Waals surface area contributed by atoms with Crippen LogP contribution in [0.1, 0.15) is 35.4 Å². The molecule has 2 N–H and O–H groups in total. The van der Waals surface area contributed by atoms with Crippen LogP contribution in [0.4, 0.5) is 5.69 Å². The highest BCUT2D eigenvalue weighted by molar-refractivity contribution is 7.92. The molecule has 0 saturated carbocycles. The van der Waals surface area contributed by atoms with E-state index in [9.17, 15) is 13.2 Å². The number of hydrogen-bond acceptors (Lipinski definition) is 5. The van der Waals surface area contributed by atoms with Crippen molar-refractivity contribution in [2.75, 3.05) is 24.1 Å². The fourth-order valence-electron chi connectivity index (χ4n) is 3.95. The Labute approximate surface area is 198 Å². The van der Waals surface area contributed by atoms with Gasteiger partial charge in [0.05, 0.1) is 17.0 Å². The summed E-state index contributed by atoms with van der Waals surface area (Å²) in [6.45, 7) is 3.47. The van der Waals surface area contributed by atoms with Crippen LogP contribution in [0.3, 0.4) is 0 Å². The quantitative estimate of drug-likeness (QED) is 0.547. The fourth-order valence-corrected chi connectivity index (χ4v) is 4.74. The second kappa shape index (κ2) is 9.54. The van der Waals surface area contributed by atoms with Crippen molar-refractivity contribution in [3.8, 4) is 17.1 Å². The lowest BCUT2D eigenvalue weighted by Gasteiger charge is -2.26. The highest BCUT2D eigenvalue weighted by atomic mass is 35.5. The maximum absolute atomic E-state index is 13.1. The molecule has 10 heteroatoms. The highest BCUT2D eigenvalue weighted by Crippen LogP contribution is 2.31. The van der Waals surface area contributed by atoms with E-state index in [1.165, 1.54) is 6.42 Å². The Hall–Kier alpha value is -2.88. The molecule has 2 aromatic carbocycles. The molecule has 1 fully saturated rings. The van der Waals surface area contributed by atoms with Crippen molar-refractivity contribution in [3.63, 3.8) is 0 Å². The van der Waals surface area contributed by atoms with Crippen molar-refractivity contribution < 1.29 is 13.2 Å². The summed E-state index contributed by atoms with van der Waals surface area (Å²) < 4.78 is 27.4. The molecule has 1 aliphatic heterocycles. The number of nitrogens with zero attached hydrogens (tertiary/aromatic N) is 3. The van der Waals surface area contributed by atoms with Crippen LogP contribution in [0, 0.1) is 6.92 Å². The molecule has 0 atom stereocenters. The van der Waals surface area contributed by atoms with Gasteiger partial charge in [0.25, 0.3) is 5.91 Å². The smallest absolute Gasteiger partial charge is 0.286 e. The predicted molar refractivity (Wildman–Crippen MR) is 130 cm³/mol. The van der Waals surface area contributed by atoms with E-state index in [-0.39, 0.29) is 5.91 Å². The van der Waals surface area contributed by atoms with Crippen molar-refractivity contribution in [2.24, 2.45) is 0 Å². The first-order valence-electron chi connectivity index (χ1n) is 10.7. The van der Waals surface area contributed by atoms with Crippen LogP contribution in [-0.2, 0) is 10.0 Å². The summed E-state index contributed by atoms with van der Waals surface area (Å²) in [5.74, 6) is 0.266. The second-order valence-electron chi connectivity index (χ2n) is 8.09. The Morgan fingerprint density at radius 2 is 1.70 bits per heavy atom. The molecule has 0 bridgehead atoms. The lowest BCUT2D eigenvalue weighted by molar-refractivity contribution is 0.0744.